The fourth-order valence-corrected chi connectivity index (χ4v) is 3.69. The van der Waals surface area contributed by atoms with Crippen LogP contribution >= 0.6 is 11.8 Å². The van der Waals surface area contributed by atoms with Gasteiger partial charge >= 0.3 is 0 Å². The van der Waals surface area contributed by atoms with Crippen LogP contribution in [0.25, 0.3) is 11.5 Å². The summed E-state index contributed by atoms with van der Waals surface area (Å²) in [4.78, 5) is 20.8. The molecule has 0 atom stereocenters. The summed E-state index contributed by atoms with van der Waals surface area (Å²) in [5.74, 6) is 2.95. The number of Topliss-reactive ketones (excluding diaryl/α,β-unsaturated/α-hetero) is 1. The Labute approximate surface area is 164 Å². The van der Waals surface area contributed by atoms with Crippen molar-refractivity contribution in [2.75, 3.05) is 5.75 Å². The highest BCUT2D eigenvalue weighted by atomic mass is 32.2. The van der Waals surface area contributed by atoms with Gasteiger partial charge in [0.25, 0.3) is 0 Å². The van der Waals surface area contributed by atoms with Crippen molar-refractivity contribution in [2.45, 2.75) is 38.9 Å². The summed E-state index contributed by atoms with van der Waals surface area (Å²) in [7, 11) is 0. The third-order valence-electron chi connectivity index (χ3n) is 4.34. The number of oxazole rings is 1. The Balaban J connectivity index is 1.43. The van der Waals surface area contributed by atoms with E-state index in [0.717, 1.165) is 29.9 Å². The fourth-order valence-electron chi connectivity index (χ4n) is 2.75. The second-order valence-corrected chi connectivity index (χ2v) is 7.62. The number of hydrogen-bond acceptors (Lipinski definition) is 5. The van der Waals surface area contributed by atoms with E-state index in [1.54, 1.807) is 18.0 Å². The summed E-state index contributed by atoms with van der Waals surface area (Å²) >= 11 is 1.60. The maximum Gasteiger partial charge on any atom is 0.226 e. The van der Waals surface area contributed by atoms with Gasteiger partial charge in [0.15, 0.2) is 0 Å². The van der Waals surface area contributed by atoms with Gasteiger partial charge in [0.05, 0.1) is 11.4 Å². The van der Waals surface area contributed by atoms with E-state index in [1.807, 2.05) is 49.5 Å². The van der Waals surface area contributed by atoms with Crippen LogP contribution in [0.5, 0.6) is 0 Å². The molecule has 0 unspecified atom stereocenters. The minimum Gasteiger partial charge on any atom is -0.441 e. The Morgan fingerprint density at radius 3 is 2.70 bits per heavy atom. The molecular formula is C22H24N2O2S. The van der Waals surface area contributed by atoms with Crippen molar-refractivity contribution in [3.8, 4) is 11.5 Å². The van der Waals surface area contributed by atoms with Crippen molar-refractivity contribution >= 4 is 17.5 Å². The van der Waals surface area contributed by atoms with Gasteiger partial charge in [-0.3, -0.25) is 9.78 Å². The molecule has 4 nitrogen and oxygen atoms in total. The SMILES string of the molecule is Cc1ccc(-c2nc(CSCC(=O)CCCc3cccnc3)c(C)o2)cc1. The molecule has 2 aromatic heterocycles. The molecule has 0 saturated carbocycles. The van der Waals surface area contributed by atoms with Crippen LogP contribution in [-0.2, 0) is 17.0 Å². The highest BCUT2D eigenvalue weighted by molar-refractivity contribution is 7.99. The molecule has 0 bridgehead atoms. The maximum atomic E-state index is 12.1. The van der Waals surface area contributed by atoms with Gasteiger partial charge in [0.1, 0.15) is 11.5 Å². The van der Waals surface area contributed by atoms with E-state index >= 15 is 0 Å². The predicted octanol–water partition coefficient (Wildman–Crippen LogP) is 5.18. The first kappa shape index (κ1) is 19.4. The minimum atomic E-state index is 0.281. The third-order valence-corrected chi connectivity index (χ3v) is 5.34. The molecule has 0 aliphatic rings. The Morgan fingerprint density at radius 1 is 1.15 bits per heavy atom. The molecule has 0 N–H and O–H groups in total. The maximum absolute atomic E-state index is 12.1. The molecule has 0 aliphatic carbocycles. The van der Waals surface area contributed by atoms with E-state index in [1.165, 1.54) is 11.1 Å². The van der Waals surface area contributed by atoms with Crippen LogP contribution in [0.1, 0.15) is 35.4 Å². The topological polar surface area (TPSA) is 56.0 Å². The van der Waals surface area contributed by atoms with Gasteiger partial charge in [-0.25, -0.2) is 4.98 Å². The van der Waals surface area contributed by atoms with Gasteiger partial charge in [-0.2, -0.15) is 0 Å². The Bertz CT molecular complexity index is 873. The van der Waals surface area contributed by atoms with Gasteiger partial charge < -0.3 is 4.42 Å². The number of benzene rings is 1. The van der Waals surface area contributed by atoms with Crippen LogP contribution in [0.4, 0.5) is 0 Å². The van der Waals surface area contributed by atoms with Crippen molar-refractivity contribution in [1.82, 2.24) is 9.97 Å². The normalized spacial score (nSPS) is 10.9. The first-order valence-corrected chi connectivity index (χ1v) is 10.3. The van der Waals surface area contributed by atoms with Gasteiger partial charge in [0.2, 0.25) is 5.89 Å². The monoisotopic (exact) mass is 380 g/mol. The van der Waals surface area contributed by atoms with Crippen molar-refractivity contribution in [3.63, 3.8) is 0 Å². The van der Waals surface area contributed by atoms with Crippen molar-refractivity contribution in [2.24, 2.45) is 0 Å². The zero-order chi connectivity index (χ0) is 19.1. The van der Waals surface area contributed by atoms with Crippen LogP contribution in [0, 0.1) is 13.8 Å². The number of carbonyl (C=O) groups excluding carboxylic acids is 1. The summed E-state index contributed by atoms with van der Waals surface area (Å²) in [6, 6.07) is 12.1. The van der Waals surface area contributed by atoms with Crippen LogP contribution in [0.2, 0.25) is 0 Å². The number of hydrogen-bond donors (Lipinski definition) is 0. The minimum absolute atomic E-state index is 0.281. The molecule has 0 amide bonds. The van der Waals surface area contributed by atoms with E-state index < -0.39 is 0 Å². The standard InChI is InChI=1S/C22H24N2O2S/c1-16-8-10-19(11-9-16)22-24-21(17(2)26-22)15-27-14-20(25)7-3-5-18-6-4-12-23-13-18/h4,6,8-13H,3,5,7,14-15H2,1-2H3. The van der Waals surface area contributed by atoms with Crippen LogP contribution in [-0.4, -0.2) is 21.5 Å². The molecule has 0 radical (unpaired) electrons. The second kappa shape index (κ2) is 9.51. The Hall–Kier alpha value is -2.40. The number of thioether (sulfide) groups is 1. The molecule has 3 aromatic rings. The lowest BCUT2D eigenvalue weighted by Gasteiger charge is -2.01. The zero-order valence-electron chi connectivity index (χ0n) is 15.8. The lowest BCUT2D eigenvalue weighted by atomic mass is 10.1. The highest BCUT2D eigenvalue weighted by Gasteiger charge is 2.12. The first-order valence-electron chi connectivity index (χ1n) is 9.13. The van der Waals surface area contributed by atoms with E-state index in [9.17, 15) is 4.79 Å². The fraction of sp³-hybridized carbons (Fsp3) is 0.318. The average molecular weight is 381 g/mol. The zero-order valence-corrected chi connectivity index (χ0v) is 16.6. The van der Waals surface area contributed by atoms with E-state index in [-0.39, 0.29) is 5.78 Å². The molecule has 0 aliphatic heterocycles. The predicted molar refractivity (Wildman–Crippen MR) is 110 cm³/mol. The van der Waals surface area contributed by atoms with E-state index in [2.05, 4.69) is 16.9 Å². The molecule has 0 spiro atoms. The highest BCUT2D eigenvalue weighted by Crippen LogP contribution is 2.24. The molecular weight excluding hydrogens is 356 g/mol. The van der Waals surface area contributed by atoms with Crippen molar-refractivity contribution < 1.29 is 9.21 Å². The molecule has 27 heavy (non-hydrogen) atoms. The molecule has 1 aromatic carbocycles. The van der Waals surface area contributed by atoms with Crippen molar-refractivity contribution in [3.05, 3.63) is 71.4 Å². The van der Waals surface area contributed by atoms with Gasteiger partial charge in [-0.1, -0.05) is 23.8 Å². The average Bonchev–Trinajstić information content (AvgIpc) is 3.04. The summed E-state index contributed by atoms with van der Waals surface area (Å²) in [5.41, 5.74) is 4.28. The molecule has 0 saturated heterocycles. The van der Waals surface area contributed by atoms with Crippen LogP contribution < -0.4 is 0 Å². The molecule has 140 valence electrons. The van der Waals surface area contributed by atoms with Gasteiger partial charge in [-0.15, -0.1) is 11.8 Å². The third kappa shape index (κ3) is 5.79. The largest absolute Gasteiger partial charge is 0.441 e. The molecule has 5 heteroatoms. The number of pyridine rings is 1. The van der Waals surface area contributed by atoms with Crippen LogP contribution in [0.3, 0.4) is 0 Å². The number of aryl methyl sites for hydroxylation is 3. The summed E-state index contributed by atoms with van der Waals surface area (Å²) in [5, 5.41) is 0. The summed E-state index contributed by atoms with van der Waals surface area (Å²) in [6.07, 6.45) is 5.99. The van der Waals surface area contributed by atoms with Crippen LogP contribution in [0.15, 0.2) is 53.2 Å². The Morgan fingerprint density at radius 2 is 1.96 bits per heavy atom. The number of aromatic nitrogens is 2. The molecule has 2 heterocycles. The van der Waals surface area contributed by atoms with Gasteiger partial charge in [0, 0.05) is 30.1 Å². The second-order valence-electron chi connectivity index (χ2n) is 6.63. The Kier molecular flexibility index (Phi) is 6.82. The van der Waals surface area contributed by atoms with Crippen molar-refractivity contribution in [1.29, 1.82) is 0 Å². The number of carbonyl (C=O) groups is 1. The lowest BCUT2D eigenvalue weighted by Crippen LogP contribution is -2.03. The number of rotatable bonds is 9. The van der Waals surface area contributed by atoms with Gasteiger partial charge in [-0.05, 0) is 50.5 Å². The summed E-state index contributed by atoms with van der Waals surface area (Å²) < 4.78 is 5.80. The first-order chi connectivity index (χ1) is 13.1. The number of nitrogens with zero attached hydrogens (tertiary/aromatic N) is 2. The summed E-state index contributed by atoms with van der Waals surface area (Å²) in [6.45, 7) is 3.98. The quantitative estimate of drug-likeness (QED) is 0.512. The lowest BCUT2D eigenvalue weighted by molar-refractivity contribution is -0.116. The van der Waals surface area contributed by atoms with E-state index in [4.69, 9.17) is 4.42 Å². The smallest absolute Gasteiger partial charge is 0.226 e. The molecule has 0 fully saturated rings. The molecule has 3 rings (SSSR count). The number of ketones is 1. The van der Waals surface area contributed by atoms with E-state index in [0.29, 0.717) is 23.8 Å².